The van der Waals surface area contributed by atoms with Gasteiger partial charge in [-0.15, -0.1) is 0 Å². The van der Waals surface area contributed by atoms with Gasteiger partial charge in [-0.1, -0.05) is 35.9 Å². The SMILES string of the molecule is CC(=O)N1Cc2cc(-c3cc4c(cc3-c3ncco3)OCO4)ccc2/C=C\c2cc(Cl)ccc21. The lowest BCUT2D eigenvalue weighted by Crippen LogP contribution is -2.29. The van der Waals surface area contributed by atoms with Crippen molar-refractivity contribution < 1.29 is 18.7 Å². The van der Waals surface area contributed by atoms with E-state index in [4.69, 9.17) is 25.5 Å². The average molecular weight is 471 g/mol. The first-order valence-corrected chi connectivity index (χ1v) is 11.2. The van der Waals surface area contributed by atoms with Crippen molar-refractivity contribution in [2.75, 3.05) is 11.7 Å². The van der Waals surface area contributed by atoms with Crippen LogP contribution in [0.1, 0.15) is 23.6 Å². The Bertz CT molecular complexity index is 1460. The van der Waals surface area contributed by atoms with Crippen molar-refractivity contribution in [3.63, 3.8) is 0 Å². The largest absolute Gasteiger partial charge is 0.454 e. The van der Waals surface area contributed by atoms with Crippen molar-refractivity contribution >= 4 is 35.3 Å². The van der Waals surface area contributed by atoms with Crippen molar-refractivity contribution in [3.8, 4) is 34.1 Å². The summed E-state index contributed by atoms with van der Waals surface area (Å²) in [6.45, 7) is 2.18. The van der Waals surface area contributed by atoms with Crippen molar-refractivity contribution in [1.82, 2.24) is 4.98 Å². The Balaban J connectivity index is 1.50. The first kappa shape index (κ1) is 20.6. The second-order valence-electron chi connectivity index (χ2n) is 8.14. The zero-order valence-corrected chi connectivity index (χ0v) is 19.0. The van der Waals surface area contributed by atoms with Gasteiger partial charge in [0.25, 0.3) is 0 Å². The van der Waals surface area contributed by atoms with Crippen LogP contribution in [-0.2, 0) is 11.3 Å². The zero-order valence-electron chi connectivity index (χ0n) is 18.2. The van der Waals surface area contributed by atoms with Gasteiger partial charge in [-0.25, -0.2) is 4.98 Å². The molecule has 0 fully saturated rings. The fourth-order valence-electron chi connectivity index (χ4n) is 4.41. The Morgan fingerprint density at radius 1 is 0.971 bits per heavy atom. The van der Waals surface area contributed by atoms with E-state index < -0.39 is 0 Å². The smallest absolute Gasteiger partial charge is 0.231 e. The van der Waals surface area contributed by atoms with Crippen LogP contribution in [0.4, 0.5) is 5.69 Å². The van der Waals surface area contributed by atoms with Crippen molar-refractivity contribution in [2.24, 2.45) is 0 Å². The molecule has 0 spiro atoms. The number of oxazole rings is 1. The molecule has 2 aliphatic rings. The van der Waals surface area contributed by atoms with Gasteiger partial charge in [0.1, 0.15) is 6.26 Å². The van der Waals surface area contributed by atoms with E-state index in [0.29, 0.717) is 29.0 Å². The van der Waals surface area contributed by atoms with Crippen LogP contribution in [0.2, 0.25) is 5.02 Å². The molecule has 0 N–H and O–H groups in total. The number of ether oxygens (including phenoxy) is 2. The molecular formula is C27H19ClN2O4. The van der Waals surface area contributed by atoms with Crippen LogP contribution in [0.5, 0.6) is 11.5 Å². The molecule has 3 heterocycles. The molecule has 0 saturated heterocycles. The molecule has 3 aromatic carbocycles. The molecule has 1 aromatic heterocycles. The highest BCUT2D eigenvalue weighted by Gasteiger charge is 2.23. The number of carbonyl (C=O) groups excluding carboxylic acids is 1. The zero-order chi connectivity index (χ0) is 23.2. The lowest BCUT2D eigenvalue weighted by Gasteiger charge is -2.26. The average Bonchev–Trinajstić information content (AvgIpc) is 3.51. The number of amides is 1. The van der Waals surface area contributed by atoms with Crippen molar-refractivity contribution in [2.45, 2.75) is 13.5 Å². The lowest BCUT2D eigenvalue weighted by atomic mass is 9.93. The van der Waals surface area contributed by atoms with Crippen LogP contribution in [0, 0.1) is 0 Å². The van der Waals surface area contributed by atoms with E-state index in [2.05, 4.69) is 23.2 Å². The van der Waals surface area contributed by atoms with Gasteiger partial charge in [-0.05, 0) is 64.2 Å². The third kappa shape index (κ3) is 3.53. The van der Waals surface area contributed by atoms with E-state index >= 15 is 0 Å². The van der Waals surface area contributed by atoms with E-state index in [0.717, 1.165) is 39.1 Å². The molecule has 1 amide bonds. The van der Waals surface area contributed by atoms with Crippen LogP contribution in [0.15, 0.2) is 65.4 Å². The van der Waals surface area contributed by atoms with Crippen LogP contribution >= 0.6 is 11.6 Å². The number of hydrogen-bond acceptors (Lipinski definition) is 5. The van der Waals surface area contributed by atoms with Crippen molar-refractivity contribution in [1.29, 1.82) is 0 Å². The molecule has 0 radical (unpaired) electrons. The maximum Gasteiger partial charge on any atom is 0.231 e. The summed E-state index contributed by atoms with van der Waals surface area (Å²) in [5.41, 5.74) is 6.44. The van der Waals surface area contributed by atoms with E-state index in [1.165, 1.54) is 0 Å². The lowest BCUT2D eigenvalue weighted by molar-refractivity contribution is -0.116. The molecule has 0 bridgehead atoms. The predicted octanol–water partition coefficient (Wildman–Crippen LogP) is 6.43. The van der Waals surface area contributed by atoms with Gasteiger partial charge in [0.05, 0.1) is 18.4 Å². The first-order valence-electron chi connectivity index (χ1n) is 10.8. The summed E-state index contributed by atoms with van der Waals surface area (Å²) < 4.78 is 16.8. The highest BCUT2D eigenvalue weighted by atomic mass is 35.5. The fourth-order valence-corrected chi connectivity index (χ4v) is 4.59. The van der Waals surface area contributed by atoms with Crippen LogP contribution in [-0.4, -0.2) is 17.7 Å². The number of aromatic nitrogens is 1. The molecule has 0 aliphatic carbocycles. The predicted molar refractivity (Wildman–Crippen MR) is 131 cm³/mol. The molecule has 6 rings (SSSR count). The Morgan fingerprint density at radius 3 is 2.53 bits per heavy atom. The van der Waals surface area contributed by atoms with Gasteiger partial charge in [0, 0.05) is 17.5 Å². The van der Waals surface area contributed by atoms with Gasteiger partial charge in [-0.3, -0.25) is 4.79 Å². The van der Waals surface area contributed by atoms with Gasteiger partial charge < -0.3 is 18.8 Å². The number of nitrogens with zero attached hydrogens (tertiary/aromatic N) is 2. The second-order valence-corrected chi connectivity index (χ2v) is 8.58. The number of fused-ring (bicyclic) bond motifs is 3. The van der Waals surface area contributed by atoms with Crippen molar-refractivity contribution in [3.05, 3.63) is 82.7 Å². The van der Waals surface area contributed by atoms with Gasteiger partial charge in [0.15, 0.2) is 11.5 Å². The molecule has 0 atom stereocenters. The van der Waals surface area contributed by atoms with E-state index in [-0.39, 0.29) is 12.7 Å². The number of halogens is 1. The topological polar surface area (TPSA) is 64.8 Å². The Hall–Kier alpha value is -4.03. The van der Waals surface area contributed by atoms with E-state index in [1.807, 2.05) is 36.4 Å². The minimum Gasteiger partial charge on any atom is -0.454 e. The third-order valence-corrected chi connectivity index (χ3v) is 6.30. The van der Waals surface area contributed by atoms with Gasteiger partial charge in [-0.2, -0.15) is 0 Å². The second kappa shape index (κ2) is 8.08. The molecule has 6 nitrogen and oxygen atoms in total. The molecule has 0 saturated carbocycles. The summed E-state index contributed by atoms with van der Waals surface area (Å²) >= 11 is 6.21. The standard InChI is InChI=1S/C27H19ClN2O4/c1-16(31)30-14-20-10-18(4-2-17(20)3-5-19-11-21(28)6-7-24(19)30)22-12-25-26(34-15-33-25)13-23(22)27-29-8-9-32-27/h2-13H,14-15H2,1H3/b5-3-. The molecular weight excluding hydrogens is 452 g/mol. The van der Waals surface area contributed by atoms with Crippen LogP contribution in [0.25, 0.3) is 34.7 Å². The third-order valence-electron chi connectivity index (χ3n) is 6.06. The summed E-state index contributed by atoms with van der Waals surface area (Å²) in [5, 5.41) is 0.630. The molecule has 0 unspecified atom stereocenters. The minimum atomic E-state index is -0.0428. The highest BCUT2D eigenvalue weighted by Crippen LogP contribution is 2.43. The summed E-state index contributed by atoms with van der Waals surface area (Å²) in [7, 11) is 0. The van der Waals surface area contributed by atoms with Crippen LogP contribution < -0.4 is 14.4 Å². The summed E-state index contributed by atoms with van der Waals surface area (Å²) in [5.74, 6) is 1.78. The molecule has 2 aliphatic heterocycles. The summed E-state index contributed by atoms with van der Waals surface area (Å²) in [6, 6.07) is 15.6. The van der Waals surface area contributed by atoms with Gasteiger partial charge >= 0.3 is 0 Å². The van der Waals surface area contributed by atoms with E-state index in [1.54, 1.807) is 30.4 Å². The number of carbonyl (C=O) groups is 1. The molecule has 7 heteroatoms. The Labute approximate surface area is 201 Å². The molecule has 168 valence electrons. The van der Waals surface area contributed by atoms with Gasteiger partial charge in [0.2, 0.25) is 18.6 Å². The van der Waals surface area contributed by atoms with Crippen LogP contribution in [0.3, 0.4) is 0 Å². The number of hydrogen-bond donors (Lipinski definition) is 0. The minimum absolute atomic E-state index is 0.0428. The molecule has 4 aromatic rings. The normalized spacial score (nSPS) is 14.7. The Kier molecular flexibility index (Phi) is 4.89. The summed E-state index contributed by atoms with van der Waals surface area (Å²) in [4.78, 5) is 18.7. The van der Waals surface area contributed by atoms with E-state index in [9.17, 15) is 4.79 Å². The summed E-state index contributed by atoms with van der Waals surface area (Å²) in [6.07, 6.45) is 7.21. The number of rotatable bonds is 2. The maximum atomic E-state index is 12.6. The number of benzene rings is 3. The fraction of sp³-hybridized carbons (Fsp3) is 0.111. The monoisotopic (exact) mass is 470 g/mol. The maximum absolute atomic E-state index is 12.6. The first-order chi connectivity index (χ1) is 16.6. The highest BCUT2D eigenvalue weighted by molar-refractivity contribution is 6.30. The Morgan fingerprint density at radius 2 is 1.76 bits per heavy atom. The molecule has 34 heavy (non-hydrogen) atoms. The quantitative estimate of drug-likeness (QED) is 0.338. The number of anilines is 1.